The lowest BCUT2D eigenvalue weighted by molar-refractivity contribution is -0.572. The van der Waals surface area contributed by atoms with Crippen molar-refractivity contribution in [2.45, 2.75) is 59.2 Å². The monoisotopic (exact) mass is 1170 g/mol. The number of hydrogen-bond donors (Lipinski definition) is 0. The SMILES string of the molecule is [2H]c1c([2H])c([2H])c(-c2cnc(-n3c4ccccc4c4ccc(Oc5cccc(-n6[c-][n+](-c7c(-c8c([2H])c([2H])c([2H])c([Si](c9c([2H])c([2H])c([2H])c([2H])c9[2H])(c9c([2H])c([2H])c([2H])c([2H])c9[2H])c9c([2H])c([2H])c([2H])c([2H])c9[2H])c8[2H])cccc7C(C)(C)C)c7ccc(-c8ccc(C(C)(C)C)cc8)cc76)c5)cc43)cc2C([2H])([2H])[2H])c([2H])c1[2H]. The van der Waals surface area contributed by atoms with Gasteiger partial charge in [0, 0.05) is 32.7 Å². The maximum atomic E-state index is 10.9. The topological polar surface area (TPSA) is 35.9 Å². The van der Waals surface area contributed by atoms with Crippen LogP contribution in [0.2, 0.25) is 0 Å². The molecule has 0 N–H and O–H groups in total. The molecule has 0 amide bonds. The van der Waals surface area contributed by atoms with E-state index in [-0.39, 0.29) is 39.2 Å². The van der Waals surface area contributed by atoms with Crippen LogP contribution in [0.3, 0.4) is 0 Å². The van der Waals surface area contributed by atoms with E-state index in [4.69, 9.17) is 24.8 Å². The summed E-state index contributed by atoms with van der Waals surface area (Å²) in [6.45, 7) is 9.12. The Morgan fingerprint density at radius 3 is 1.79 bits per heavy atom. The molecule has 0 atom stereocenters. The fourth-order valence-electron chi connectivity index (χ4n) is 11.4. The molecule has 0 radical (unpaired) electrons. The molecule has 0 aliphatic rings. The first-order valence-electron chi connectivity index (χ1n) is 41.5. The highest BCUT2D eigenvalue weighted by atomic mass is 28.3. The first-order chi connectivity index (χ1) is 53.5. The molecule has 0 aliphatic heterocycles. The summed E-state index contributed by atoms with van der Waals surface area (Å²) in [6, 6.07) is 16.4. The van der Waals surface area contributed by atoms with Gasteiger partial charge in [-0.1, -0.05) is 265 Å². The molecule has 6 heteroatoms. The van der Waals surface area contributed by atoms with E-state index in [0.29, 0.717) is 44.8 Å². The van der Waals surface area contributed by atoms with Crippen LogP contribution in [0.5, 0.6) is 11.5 Å². The van der Waals surface area contributed by atoms with Crippen LogP contribution >= 0.6 is 0 Å². The normalized spacial score (nSPS) is 16.6. The van der Waals surface area contributed by atoms with Crippen LogP contribution < -0.4 is 30.1 Å². The number of pyridine rings is 1. The van der Waals surface area contributed by atoms with Crippen molar-refractivity contribution in [1.29, 1.82) is 0 Å². The number of nitrogens with zero attached hydrogens (tertiary/aromatic N) is 4. The van der Waals surface area contributed by atoms with E-state index in [1.165, 1.54) is 18.3 Å². The van der Waals surface area contributed by atoms with Crippen molar-refractivity contribution in [2.24, 2.45) is 0 Å². The predicted molar refractivity (Wildman–Crippen MR) is 364 cm³/mol. The van der Waals surface area contributed by atoms with E-state index in [1.807, 2.05) is 87.5 Å². The van der Waals surface area contributed by atoms with Gasteiger partial charge in [-0.3, -0.25) is 13.7 Å². The molecule has 3 heterocycles. The number of fused-ring (bicyclic) bond motifs is 4. The minimum atomic E-state index is -6.27. The minimum Gasteiger partial charge on any atom is -0.458 e. The van der Waals surface area contributed by atoms with Gasteiger partial charge in [-0.05, 0) is 131 Å². The Balaban J connectivity index is 1.02. The van der Waals surface area contributed by atoms with Crippen molar-refractivity contribution < 1.29 is 46.3 Å². The average Bonchev–Trinajstić information content (AvgIpc) is 0.769. The lowest BCUT2D eigenvalue weighted by Crippen LogP contribution is -2.74. The lowest BCUT2D eigenvalue weighted by atomic mass is 9.83. The van der Waals surface area contributed by atoms with Gasteiger partial charge in [0.05, 0.1) is 66.3 Å². The van der Waals surface area contributed by atoms with Crippen LogP contribution in [0, 0.1) is 13.2 Å². The van der Waals surface area contributed by atoms with Crippen molar-refractivity contribution in [3.05, 3.63) is 308 Å². The fourth-order valence-corrected chi connectivity index (χ4v) is 14.9. The first kappa shape index (κ1) is 32.4. The summed E-state index contributed by atoms with van der Waals surface area (Å²) in [5.74, 6) is 0.724. The highest BCUT2D eigenvalue weighted by Crippen LogP contribution is 2.39. The van der Waals surface area contributed by atoms with Gasteiger partial charge in [-0.25, -0.2) is 4.98 Å². The van der Waals surface area contributed by atoms with E-state index >= 15 is 0 Å². The molecule has 0 unspecified atom stereocenters. The molecule has 0 aliphatic carbocycles. The van der Waals surface area contributed by atoms with Gasteiger partial charge in [-0.15, -0.1) is 0 Å². The van der Waals surface area contributed by atoms with Crippen LogP contribution in [-0.4, -0.2) is 22.2 Å². The number of aryl methyl sites for hydroxylation is 1. The lowest BCUT2D eigenvalue weighted by Gasteiger charge is -2.35. The van der Waals surface area contributed by atoms with Crippen LogP contribution in [0.15, 0.2) is 285 Å². The molecule has 14 aromatic rings. The van der Waals surface area contributed by atoms with Gasteiger partial charge < -0.3 is 4.74 Å². The molecular formula is C81H68N4OSi. The van der Waals surface area contributed by atoms with Crippen LogP contribution in [0.1, 0.15) is 95.2 Å². The molecule has 0 spiro atoms. The standard InChI is InChI=1S/C81H68N4OSi/c1-56-49-78(82-54-72(56)58-25-12-8-13-26-58)85-74-40-21-20-37-70(74)71-47-46-64(53-76(71)85)86-63-29-23-28-62(52-63)83-55-84(75-48-43-59(51-77(75)83)57-41-44-61(45-42-57)80(2,3)4)79-69(38-24-39-73(79)81(5,6)7)60-27-22-36-68(50-60)87(65-30-14-9-15-31-65,66-32-16-10-17-33-66)67-34-18-11-19-35-67/h8-54H,1-7H3/i1D3,8D,9D,10D,11D,12D,13D,14D,15D,16D,17D,18D,19D,22D,25D,26D,27D,30D,31D,32D,33D,34D,35D,36D,50D. The van der Waals surface area contributed by atoms with Crippen LogP contribution in [0.25, 0.3) is 83.4 Å². The summed E-state index contributed by atoms with van der Waals surface area (Å²) in [7, 11) is -6.27. The third-order valence-corrected chi connectivity index (χ3v) is 19.5. The van der Waals surface area contributed by atoms with E-state index < -0.39 is 192 Å². The third kappa shape index (κ3) is 9.96. The third-order valence-electron chi connectivity index (χ3n) is 15.5. The number of ether oxygens (including phenoxy) is 1. The molecule has 0 saturated heterocycles. The maximum absolute atomic E-state index is 10.9. The number of imidazole rings is 1. The number of para-hydroxylation sites is 2. The van der Waals surface area contributed by atoms with Crippen molar-refractivity contribution in [2.75, 3.05) is 0 Å². The molecule has 0 bridgehead atoms. The van der Waals surface area contributed by atoms with Gasteiger partial charge in [0.25, 0.3) is 6.33 Å². The zero-order chi connectivity index (χ0) is 82.8. The van der Waals surface area contributed by atoms with E-state index in [9.17, 15) is 21.9 Å². The summed E-state index contributed by atoms with van der Waals surface area (Å²) >= 11 is 0. The first-order valence-corrected chi connectivity index (χ1v) is 30.0. The molecule has 422 valence electrons. The van der Waals surface area contributed by atoms with E-state index in [0.717, 1.165) is 27.5 Å². The molecule has 0 saturated carbocycles. The highest BCUT2D eigenvalue weighted by Gasteiger charge is 2.41. The second kappa shape index (κ2) is 22.0. The van der Waals surface area contributed by atoms with E-state index in [1.54, 1.807) is 68.3 Å². The molecule has 11 aromatic carbocycles. The predicted octanol–water partition coefficient (Wildman–Crippen LogP) is 17.3. The zero-order valence-electron chi connectivity index (χ0n) is 75.0. The summed E-state index contributed by atoms with van der Waals surface area (Å²) in [5.41, 5.74) is 3.42. The van der Waals surface area contributed by atoms with Crippen LogP contribution in [0.4, 0.5) is 0 Å². The summed E-state index contributed by atoms with van der Waals surface area (Å²) in [5, 5.41) is -2.38. The van der Waals surface area contributed by atoms with Crippen molar-refractivity contribution in [3.63, 3.8) is 0 Å². The average molecular weight is 1170 g/mol. The Labute approximate surface area is 549 Å². The molecular weight excluding hydrogens is 1070 g/mol. The molecule has 0 fully saturated rings. The Hall–Kier alpha value is -10.1. The zero-order valence-corrected chi connectivity index (χ0v) is 49.0. The smallest absolute Gasteiger partial charge is 0.269 e. The molecule has 14 rings (SSSR count). The minimum absolute atomic E-state index is 0.0416. The van der Waals surface area contributed by atoms with Gasteiger partial charge in [0.2, 0.25) is 0 Å². The Bertz CT molecular complexity index is 6190. The van der Waals surface area contributed by atoms with Crippen molar-refractivity contribution in [3.8, 4) is 62.1 Å². The Morgan fingerprint density at radius 1 is 0.494 bits per heavy atom. The Kier molecular flexibility index (Phi) is 8.21. The number of rotatable bonds is 12. The summed E-state index contributed by atoms with van der Waals surface area (Å²) < 4.78 is 262. The van der Waals surface area contributed by atoms with E-state index in [2.05, 4.69) is 27.1 Å². The highest BCUT2D eigenvalue weighted by molar-refractivity contribution is 7.19. The molecule has 5 nitrogen and oxygen atoms in total. The summed E-state index contributed by atoms with van der Waals surface area (Å²) in [4.78, 5) is 4.73. The second-order valence-corrected chi connectivity index (χ2v) is 26.5. The number of aromatic nitrogens is 4. The Morgan fingerprint density at radius 2 is 1.11 bits per heavy atom. The largest absolute Gasteiger partial charge is 0.458 e. The summed E-state index contributed by atoms with van der Waals surface area (Å²) in [6.07, 6.45) is 4.79. The molecule has 87 heavy (non-hydrogen) atoms. The van der Waals surface area contributed by atoms with Gasteiger partial charge in [0.15, 0.2) is 8.07 Å². The maximum Gasteiger partial charge on any atom is 0.269 e. The van der Waals surface area contributed by atoms with Crippen molar-refractivity contribution >= 4 is 61.7 Å². The number of benzene rings is 11. The quantitative estimate of drug-likeness (QED) is 0.0529. The van der Waals surface area contributed by atoms with Crippen LogP contribution in [-0.2, 0) is 10.8 Å². The van der Waals surface area contributed by atoms with Gasteiger partial charge >= 0.3 is 0 Å². The van der Waals surface area contributed by atoms with Crippen molar-refractivity contribution in [1.82, 2.24) is 14.1 Å². The second-order valence-electron chi connectivity index (χ2n) is 23.0. The van der Waals surface area contributed by atoms with Gasteiger partial charge in [-0.2, -0.15) is 0 Å². The fraction of sp³-hybridized carbons (Fsp3) is 0.111. The molecule has 3 aromatic heterocycles. The van der Waals surface area contributed by atoms with Gasteiger partial charge in [0.1, 0.15) is 17.3 Å². The number of hydrogen-bond acceptors (Lipinski definition) is 2.